The molecule has 0 amide bonds. The topological polar surface area (TPSA) is 54.3 Å². The quantitative estimate of drug-likeness (QED) is 0.385. The first kappa shape index (κ1) is 23.0. The van der Waals surface area contributed by atoms with E-state index in [1.807, 2.05) is 24.3 Å². The van der Waals surface area contributed by atoms with Crippen LogP contribution in [0.2, 0.25) is 5.02 Å². The maximum atomic E-state index is 14.1. The smallest absolute Gasteiger partial charge is 0.277 e. The predicted octanol–water partition coefficient (Wildman–Crippen LogP) is 5.09. The minimum atomic E-state index is -0.0358. The molecule has 2 aliphatic rings. The molecule has 1 aromatic carbocycles. The number of piperazine rings is 1. The Hall–Kier alpha value is -2.48. The summed E-state index contributed by atoms with van der Waals surface area (Å²) in [6, 6.07) is 7.50. The number of anilines is 1. The number of fused-ring (bicyclic) bond motifs is 5. The van der Waals surface area contributed by atoms with E-state index >= 15 is 0 Å². The number of benzene rings is 1. The summed E-state index contributed by atoms with van der Waals surface area (Å²) >= 11 is 7.84. The number of rotatable bonds is 4. The number of pyridine rings is 1. The highest BCUT2D eigenvalue weighted by molar-refractivity contribution is 7.25. The molecule has 182 valence electrons. The van der Waals surface area contributed by atoms with Gasteiger partial charge >= 0.3 is 0 Å². The van der Waals surface area contributed by atoms with Gasteiger partial charge in [-0.3, -0.25) is 4.79 Å². The van der Waals surface area contributed by atoms with Gasteiger partial charge in [0.1, 0.15) is 15.0 Å². The zero-order chi connectivity index (χ0) is 24.3. The SMILES string of the molecule is CC(C)Cc1nc2sc3c(=O)n(-c4cccc(Cl)c4)c(N4CCN(C)CC4)nc3c2c2c1CCC2. The Morgan fingerprint density at radius 1 is 1.09 bits per heavy atom. The van der Waals surface area contributed by atoms with Crippen LogP contribution in [0.5, 0.6) is 0 Å². The van der Waals surface area contributed by atoms with E-state index in [-0.39, 0.29) is 5.56 Å². The highest BCUT2D eigenvalue weighted by Crippen LogP contribution is 2.40. The number of thiophene rings is 1. The van der Waals surface area contributed by atoms with Crippen LogP contribution >= 0.6 is 22.9 Å². The fourth-order valence-corrected chi connectivity index (χ4v) is 6.78. The van der Waals surface area contributed by atoms with Crippen molar-refractivity contribution in [1.29, 1.82) is 0 Å². The first-order chi connectivity index (χ1) is 16.9. The van der Waals surface area contributed by atoms with Crippen LogP contribution in [0.4, 0.5) is 5.95 Å². The molecule has 4 aromatic rings. The van der Waals surface area contributed by atoms with Gasteiger partial charge in [-0.05, 0) is 68.0 Å². The van der Waals surface area contributed by atoms with Gasteiger partial charge in [-0.2, -0.15) is 0 Å². The molecule has 0 atom stereocenters. The lowest BCUT2D eigenvalue weighted by atomic mass is 9.99. The molecule has 35 heavy (non-hydrogen) atoms. The lowest BCUT2D eigenvalue weighted by Gasteiger charge is -2.34. The molecule has 1 aliphatic heterocycles. The van der Waals surface area contributed by atoms with Crippen LogP contribution in [0.1, 0.15) is 37.1 Å². The second-order valence-corrected chi connectivity index (χ2v) is 11.7. The minimum absolute atomic E-state index is 0.0358. The first-order valence-electron chi connectivity index (χ1n) is 12.5. The van der Waals surface area contributed by atoms with E-state index in [4.69, 9.17) is 21.6 Å². The van der Waals surface area contributed by atoms with Crippen molar-refractivity contribution in [3.8, 4) is 5.69 Å². The van der Waals surface area contributed by atoms with Crippen LogP contribution in [0, 0.1) is 5.92 Å². The van der Waals surface area contributed by atoms with Gasteiger partial charge in [0, 0.05) is 42.3 Å². The molecule has 0 saturated carbocycles. The van der Waals surface area contributed by atoms with Gasteiger partial charge < -0.3 is 9.80 Å². The molecule has 0 radical (unpaired) electrons. The fourth-order valence-electron chi connectivity index (χ4n) is 5.51. The van der Waals surface area contributed by atoms with Gasteiger partial charge in [0.15, 0.2) is 0 Å². The number of hydrogen-bond donors (Lipinski definition) is 0. The zero-order valence-electron chi connectivity index (χ0n) is 20.5. The number of halogens is 1. The second kappa shape index (κ2) is 8.87. The molecular weight excluding hydrogens is 478 g/mol. The number of likely N-dealkylation sites (N-methyl/N-ethyl adjacent to an activating group) is 1. The molecule has 0 unspecified atom stereocenters. The number of aryl methyl sites for hydroxylation is 1. The third-order valence-corrected chi connectivity index (χ3v) is 8.53. The van der Waals surface area contributed by atoms with Crippen molar-refractivity contribution < 1.29 is 0 Å². The Labute approximate surface area is 214 Å². The maximum Gasteiger partial charge on any atom is 0.277 e. The van der Waals surface area contributed by atoms with Gasteiger partial charge in [-0.1, -0.05) is 31.5 Å². The van der Waals surface area contributed by atoms with Gasteiger partial charge in [-0.25, -0.2) is 14.5 Å². The molecule has 8 heteroatoms. The highest BCUT2D eigenvalue weighted by atomic mass is 35.5. The minimum Gasteiger partial charge on any atom is -0.339 e. The standard InChI is InChI=1S/C27H30ClN5OS/c1-16(2)14-21-19-8-5-9-20(19)22-23-24(35-25(22)29-21)26(34)33(18-7-4-6-17(28)15-18)27(30-23)32-12-10-31(3)11-13-32/h4,6-7,15-16H,5,8-14H2,1-3H3. The van der Waals surface area contributed by atoms with Gasteiger partial charge in [0.25, 0.3) is 5.56 Å². The van der Waals surface area contributed by atoms with Crippen LogP contribution < -0.4 is 10.5 Å². The Balaban J connectivity index is 1.65. The summed E-state index contributed by atoms with van der Waals surface area (Å²) in [7, 11) is 2.13. The molecular formula is C27H30ClN5OS. The van der Waals surface area contributed by atoms with E-state index < -0.39 is 0 Å². The molecule has 6 nitrogen and oxygen atoms in total. The molecule has 4 heterocycles. The number of hydrogen-bond acceptors (Lipinski definition) is 6. The van der Waals surface area contributed by atoms with E-state index in [0.29, 0.717) is 21.6 Å². The fraction of sp³-hybridized carbons (Fsp3) is 0.444. The van der Waals surface area contributed by atoms with Crippen molar-refractivity contribution in [3.05, 3.63) is 56.5 Å². The molecule has 1 fully saturated rings. The van der Waals surface area contributed by atoms with E-state index in [2.05, 4.69) is 30.7 Å². The predicted molar refractivity (Wildman–Crippen MR) is 146 cm³/mol. The summed E-state index contributed by atoms with van der Waals surface area (Å²) in [6.45, 7) is 8.00. The lowest BCUT2D eigenvalue weighted by molar-refractivity contribution is 0.310. The lowest BCUT2D eigenvalue weighted by Crippen LogP contribution is -2.46. The van der Waals surface area contributed by atoms with Crippen molar-refractivity contribution in [2.45, 2.75) is 39.5 Å². The van der Waals surface area contributed by atoms with Crippen molar-refractivity contribution in [1.82, 2.24) is 19.4 Å². The summed E-state index contributed by atoms with van der Waals surface area (Å²) in [5.41, 5.74) is 5.51. The van der Waals surface area contributed by atoms with Crippen molar-refractivity contribution in [3.63, 3.8) is 0 Å². The van der Waals surface area contributed by atoms with Crippen molar-refractivity contribution >= 4 is 49.3 Å². The number of nitrogens with zero attached hydrogens (tertiary/aromatic N) is 5. The Bertz CT molecular complexity index is 1500. The van der Waals surface area contributed by atoms with Crippen LogP contribution in [0.25, 0.3) is 26.1 Å². The molecule has 3 aromatic heterocycles. The Morgan fingerprint density at radius 3 is 2.60 bits per heavy atom. The summed E-state index contributed by atoms with van der Waals surface area (Å²) in [6.07, 6.45) is 4.22. The van der Waals surface area contributed by atoms with Crippen LogP contribution in [0.15, 0.2) is 29.1 Å². The Morgan fingerprint density at radius 2 is 1.86 bits per heavy atom. The van der Waals surface area contributed by atoms with Crippen LogP contribution in [0.3, 0.4) is 0 Å². The second-order valence-electron chi connectivity index (χ2n) is 10.2. The third-order valence-electron chi connectivity index (χ3n) is 7.23. The molecule has 1 saturated heterocycles. The van der Waals surface area contributed by atoms with Gasteiger partial charge in [-0.15, -0.1) is 11.3 Å². The molecule has 0 spiro atoms. The summed E-state index contributed by atoms with van der Waals surface area (Å²) in [4.78, 5) is 30.0. The van der Waals surface area contributed by atoms with Crippen LogP contribution in [-0.4, -0.2) is 52.7 Å². The summed E-state index contributed by atoms with van der Waals surface area (Å²) in [5, 5.41) is 1.71. The average molecular weight is 508 g/mol. The number of aromatic nitrogens is 3. The first-order valence-corrected chi connectivity index (χ1v) is 13.7. The van der Waals surface area contributed by atoms with E-state index in [9.17, 15) is 4.79 Å². The van der Waals surface area contributed by atoms with E-state index in [1.54, 1.807) is 4.57 Å². The molecule has 1 aliphatic carbocycles. The van der Waals surface area contributed by atoms with Crippen LogP contribution in [-0.2, 0) is 19.3 Å². The average Bonchev–Trinajstić information content (AvgIpc) is 3.44. The normalized spacial score (nSPS) is 16.7. The summed E-state index contributed by atoms with van der Waals surface area (Å²) in [5.74, 6) is 1.25. The summed E-state index contributed by atoms with van der Waals surface area (Å²) < 4.78 is 2.44. The third kappa shape index (κ3) is 3.94. The van der Waals surface area contributed by atoms with Crippen molar-refractivity contribution in [2.75, 3.05) is 38.1 Å². The molecule has 0 N–H and O–H groups in total. The van der Waals surface area contributed by atoms with Gasteiger partial charge in [0.05, 0.1) is 5.69 Å². The Kier molecular flexibility index (Phi) is 5.82. The van der Waals surface area contributed by atoms with Crippen molar-refractivity contribution in [2.24, 2.45) is 5.92 Å². The molecule has 6 rings (SSSR count). The largest absolute Gasteiger partial charge is 0.339 e. The van der Waals surface area contributed by atoms with E-state index in [0.717, 1.165) is 73.3 Å². The molecule has 0 bridgehead atoms. The van der Waals surface area contributed by atoms with Gasteiger partial charge in [0.2, 0.25) is 5.95 Å². The maximum absolute atomic E-state index is 14.1. The monoisotopic (exact) mass is 507 g/mol. The van der Waals surface area contributed by atoms with E-state index in [1.165, 1.54) is 28.2 Å². The highest BCUT2D eigenvalue weighted by Gasteiger charge is 2.28. The zero-order valence-corrected chi connectivity index (χ0v) is 22.0.